The summed E-state index contributed by atoms with van der Waals surface area (Å²) in [6.45, 7) is 2.47. The van der Waals surface area contributed by atoms with Crippen LogP contribution in [0.3, 0.4) is 0 Å². The van der Waals surface area contributed by atoms with E-state index in [1.807, 2.05) is 6.92 Å². The average Bonchev–Trinajstić information content (AvgIpc) is 2.87. The highest BCUT2D eigenvalue weighted by atomic mass is 32.1. The molecule has 2 aromatic carbocycles. The van der Waals surface area contributed by atoms with Crippen molar-refractivity contribution in [2.45, 2.75) is 45.4 Å². The molecule has 0 spiro atoms. The van der Waals surface area contributed by atoms with Gasteiger partial charge in [-0.2, -0.15) is 0 Å². The fraction of sp³-hybridized carbons (Fsp3) is 0.360. The molecule has 3 rings (SSSR count). The van der Waals surface area contributed by atoms with Gasteiger partial charge in [0.1, 0.15) is 5.75 Å². The third kappa shape index (κ3) is 7.28. The van der Waals surface area contributed by atoms with Crippen LogP contribution in [0, 0.1) is 5.92 Å². The van der Waals surface area contributed by atoms with Crippen LogP contribution in [0.1, 0.15) is 66.2 Å². The molecular weight excluding hydrogens is 452 g/mol. The third-order valence-corrected chi connectivity index (χ3v) is 5.70. The molecule has 1 aliphatic carbocycles. The maximum absolute atomic E-state index is 12.5. The van der Waals surface area contributed by atoms with Crippen LogP contribution in [0.5, 0.6) is 5.75 Å². The van der Waals surface area contributed by atoms with E-state index >= 15 is 0 Å². The zero-order chi connectivity index (χ0) is 24.3. The van der Waals surface area contributed by atoms with Crippen LogP contribution in [0.25, 0.3) is 0 Å². The Morgan fingerprint density at radius 2 is 1.65 bits per heavy atom. The maximum Gasteiger partial charge on any atom is 0.269 e. The quantitative estimate of drug-likeness (QED) is 0.352. The molecule has 4 N–H and O–H groups in total. The third-order valence-electron chi connectivity index (χ3n) is 5.50. The fourth-order valence-electron chi connectivity index (χ4n) is 3.69. The Balaban J connectivity index is 1.47. The minimum absolute atomic E-state index is 0.0290. The first-order chi connectivity index (χ1) is 16.5. The molecule has 34 heavy (non-hydrogen) atoms. The highest BCUT2D eigenvalue weighted by Gasteiger charge is 2.21. The van der Waals surface area contributed by atoms with Gasteiger partial charge in [0.15, 0.2) is 5.11 Å². The van der Waals surface area contributed by atoms with Crippen LogP contribution in [0.2, 0.25) is 0 Å². The van der Waals surface area contributed by atoms with E-state index in [2.05, 4.69) is 21.5 Å². The molecule has 1 aliphatic rings. The Labute approximate surface area is 204 Å². The number of carbonyl (C=O) groups is 3. The summed E-state index contributed by atoms with van der Waals surface area (Å²) in [6, 6.07) is 13.4. The van der Waals surface area contributed by atoms with Crippen molar-refractivity contribution in [1.29, 1.82) is 0 Å². The lowest BCUT2D eigenvalue weighted by Crippen LogP contribution is -2.48. The van der Waals surface area contributed by atoms with E-state index in [4.69, 9.17) is 17.0 Å². The lowest BCUT2D eigenvalue weighted by Gasteiger charge is -2.20. The predicted molar refractivity (Wildman–Crippen MR) is 135 cm³/mol. The van der Waals surface area contributed by atoms with E-state index in [1.165, 1.54) is 6.42 Å². The van der Waals surface area contributed by atoms with Crippen LogP contribution in [-0.2, 0) is 4.79 Å². The Morgan fingerprint density at radius 3 is 2.35 bits per heavy atom. The molecule has 0 saturated heterocycles. The number of hydrazine groups is 1. The summed E-state index contributed by atoms with van der Waals surface area (Å²) < 4.78 is 5.59. The Kier molecular flexibility index (Phi) is 9.40. The second-order valence-electron chi connectivity index (χ2n) is 8.11. The molecule has 2 aromatic rings. The minimum atomic E-state index is -0.448. The van der Waals surface area contributed by atoms with Crippen molar-refractivity contribution < 1.29 is 19.1 Å². The lowest BCUT2D eigenvalue weighted by atomic mass is 9.88. The van der Waals surface area contributed by atoms with Crippen LogP contribution >= 0.6 is 12.2 Å². The van der Waals surface area contributed by atoms with Gasteiger partial charge in [-0.25, -0.2) is 0 Å². The normalized spacial score (nSPS) is 13.4. The van der Waals surface area contributed by atoms with Gasteiger partial charge in [0.2, 0.25) is 5.91 Å². The van der Waals surface area contributed by atoms with E-state index in [9.17, 15) is 14.4 Å². The van der Waals surface area contributed by atoms with Crippen molar-refractivity contribution in [3.63, 3.8) is 0 Å². The summed E-state index contributed by atoms with van der Waals surface area (Å²) in [4.78, 5) is 37.3. The molecule has 3 amide bonds. The monoisotopic (exact) mass is 482 g/mol. The molecule has 0 aliphatic heterocycles. The number of para-hydroxylation sites is 1. The molecule has 0 bridgehead atoms. The molecule has 1 saturated carbocycles. The van der Waals surface area contributed by atoms with E-state index in [0.29, 0.717) is 29.2 Å². The first-order valence-corrected chi connectivity index (χ1v) is 11.9. The molecule has 0 atom stereocenters. The number of amides is 3. The Hall–Kier alpha value is -3.46. The van der Waals surface area contributed by atoms with E-state index in [1.54, 1.807) is 48.5 Å². The van der Waals surface area contributed by atoms with Gasteiger partial charge in [-0.15, -0.1) is 0 Å². The number of nitrogens with one attached hydrogen (secondary N) is 4. The van der Waals surface area contributed by atoms with E-state index in [-0.39, 0.29) is 16.9 Å². The maximum atomic E-state index is 12.5. The molecule has 9 heteroatoms. The van der Waals surface area contributed by atoms with Gasteiger partial charge >= 0.3 is 0 Å². The zero-order valence-corrected chi connectivity index (χ0v) is 20.0. The predicted octanol–water partition coefficient (Wildman–Crippen LogP) is 3.94. The molecule has 180 valence electrons. The Bertz CT molecular complexity index is 1020. The van der Waals surface area contributed by atoms with E-state index < -0.39 is 11.8 Å². The van der Waals surface area contributed by atoms with Gasteiger partial charge in [-0.1, -0.05) is 38.3 Å². The average molecular weight is 483 g/mol. The number of carbonyl (C=O) groups excluding carboxylic acids is 3. The number of rotatable bonds is 7. The summed E-state index contributed by atoms with van der Waals surface area (Å²) >= 11 is 5.11. The van der Waals surface area contributed by atoms with Crippen LogP contribution < -0.4 is 26.2 Å². The first kappa shape index (κ1) is 25.2. The fourth-order valence-corrected chi connectivity index (χ4v) is 3.84. The zero-order valence-electron chi connectivity index (χ0n) is 19.2. The number of hydrogen-bond donors (Lipinski definition) is 4. The first-order valence-electron chi connectivity index (χ1n) is 11.5. The second kappa shape index (κ2) is 12.7. The van der Waals surface area contributed by atoms with Crippen molar-refractivity contribution in [1.82, 2.24) is 16.2 Å². The number of anilines is 1. The molecule has 1 fully saturated rings. The summed E-state index contributed by atoms with van der Waals surface area (Å²) in [7, 11) is 0. The number of ether oxygens (including phenoxy) is 1. The van der Waals surface area contributed by atoms with Crippen LogP contribution in [0.4, 0.5) is 5.69 Å². The van der Waals surface area contributed by atoms with Gasteiger partial charge in [-0.05, 0) is 67.9 Å². The molecule has 0 aromatic heterocycles. The van der Waals surface area contributed by atoms with Gasteiger partial charge in [0.05, 0.1) is 12.2 Å². The number of benzene rings is 2. The summed E-state index contributed by atoms with van der Waals surface area (Å²) in [6.07, 6.45) is 6.03. The molecule has 0 unspecified atom stereocenters. The molecule has 8 nitrogen and oxygen atoms in total. The van der Waals surface area contributed by atoms with Gasteiger partial charge in [0.25, 0.3) is 11.8 Å². The highest BCUT2D eigenvalue weighted by molar-refractivity contribution is 7.80. The smallest absolute Gasteiger partial charge is 0.269 e. The Morgan fingerprint density at radius 1 is 0.941 bits per heavy atom. The highest BCUT2D eigenvalue weighted by Crippen LogP contribution is 2.25. The summed E-state index contributed by atoms with van der Waals surface area (Å²) in [5, 5.41) is 5.38. The largest absolute Gasteiger partial charge is 0.493 e. The molecule has 0 heterocycles. The molecular formula is C25H30N4O4S. The van der Waals surface area contributed by atoms with Crippen LogP contribution in [-0.4, -0.2) is 29.4 Å². The van der Waals surface area contributed by atoms with Crippen molar-refractivity contribution >= 4 is 40.7 Å². The second-order valence-corrected chi connectivity index (χ2v) is 8.52. The van der Waals surface area contributed by atoms with E-state index in [0.717, 1.165) is 32.1 Å². The van der Waals surface area contributed by atoms with Gasteiger partial charge in [0, 0.05) is 17.2 Å². The SMILES string of the molecule is CCCOc1ccccc1C(=O)NC(=S)NNC(=O)c1ccc(NC(=O)C2CCCCC2)cc1. The standard InChI is InChI=1S/C25H30N4O4S/c1-2-16-33-21-11-7-6-10-20(21)24(32)27-25(34)29-28-23(31)18-12-14-19(15-13-18)26-22(30)17-8-4-3-5-9-17/h6-7,10-15,17H,2-5,8-9,16H2,1H3,(H,26,30)(H,28,31)(H2,27,29,32,34). The minimum Gasteiger partial charge on any atom is -0.493 e. The van der Waals surface area contributed by atoms with Gasteiger partial charge in [-0.3, -0.25) is 30.6 Å². The van der Waals surface area contributed by atoms with Crippen molar-refractivity contribution in [3.05, 3.63) is 59.7 Å². The number of hydrogen-bond acceptors (Lipinski definition) is 5. The summed E-state index contributed by atoms with van der Waals surface area (Å²) in [5.74, 6) is -0.335. The van der Waals surface area contributed by atoms with Crippen molar-refractivity contribution in [2.75, 3.05) is 11.9 Å². The topological polar surface area (TPSA) is 109 Å². The molecule has 0 radical (unpaired) electrons. The van der Waals surface area contributed by atoms with Crippen LogP contribution in [0.15, 0.2) is 48.5 Å². The van der Waals surface area contributed by atoms with Crippen molar-refractivity contribution in [3.8, 4) is 5.75 Å². The lowest BCUT2D eigenvalue weighted by molar-refractivity contribution is -0.120. The summed E-state index contributed by atoms with van der Waals surface area (Å²) in [5.41, 5.74) is 6.34. The number of thiocarbonyl (C=S) groups is 1. The van der Waals surface area contributed by atoms with Crippen molar-refractivity contribution in [2.24, 2.45) is 5.92 Å². The van der Waals surface area contributed by atoms with Gasteiger partial charge < -0.3 is 10.1 Å².